The molecule has 6 heteroatoms. The summed E-state index contributed by atoms with van der Waals surface area (Å²) in [4.78, 5) is 18.6. The quantitative estimate of drug-likeness (QED) is 0.361. The van der Waals surface area contributed by atoms with E-state index < -0.39 is 11.6 Å². The van der Waals surface area contributed by atoms with Crippen LogP contribution < -0.4 is 10.1 Å². The van der Waals surface area contributed by atoms with Gasteiger partial charge in [-0.15, -0.1) is 0 Å². The molecule has 2 atom stereocenters. The third-order valence-electron chi connectivity index (χ3n) is 6.40. The molecule has 1 aliphatic rings. The molecule has 1 heterocycles. The normalized spacial score (nSPS) is 18.9. The van der Waals surface area contributed by atoms with Crippen LogP contribution in [0.25, 0.3) is 6.08 Å². The summed E-state index contributed by atoms with van der Waals surface area (Å²) in [6.45, 7) is 4.89. The summed E-state index contributed by atoms with van der Waals surface area (Å²) in [5.74, 6) is 0.975. The fourth-order valence-electron chi connectivity index (χ4n) is 4.28. The smallest absolute Gasteiger partial charge is 0.252 e. The minimum Gasteiger partial charge on any atom is -0.494 e. The van der Waals surface area contributed by atoms with E-state index in [-0.39, 0.29) is 12.5 Å². The van der Waals surface area contributed by atoms with E-state index in [1.165, 1.54) is 0 Å². The van der Waals surface area contributed by atoms with Crippen LogP contribution in [0, 0.1) is 6.92 Å². The van der Waals surface area contributed by atoms with Gasteiger partial charge < -0.3 is 19.9 Å². The van der Waals surface area contributed by atoms with E-state index in [1.807, 2.05) is 98.8 Å². The van der Waals surface area contributed by atoms with Crippen LogP contribution in [0.5, 0.6) is 5.75 Å². The molecule has 1 aliphatic heterocycles. The number of aryl methyl sites for hydroxylation is 1. The number of aliphatic hydroxyl groups is 1. The summed E-state index contributed by atoms with van der Waals surface area (Å²) < 4.78 is 11.8. The molecule has 0 bridgehead atoms. The van der Waals surface area contributed by atoms with Gasteiger partial charge in [0.25, 0.3) is 5.91 Å². The van der Waals surface area contributed by atoms with Crippen molar-refractivity contribution in [2.24, 2.45) is 4.99 Å². The molecule has 0 unspecified atom stereocenters. The number of carbonyl (C=O) groups is 1. The highest BCUT2D eigenvalue weighted by Crippen LogP contribution is 2.33. The maximum absolute atomic E-state index is 13.7. The van der Waals surface area contributed by atoms with Gasteiger partial charge in [-0.3, -0.25) is 4.79 Å². The maximum atomic E-state index is 13.7. The van der Waals surface area contributed by atoms with Crippen molar-refractivity contribution in [1.82, 2.24) is 5.32 Å². The average molecular weight is 499 g/mol. The number of carbonyl (C=O) groups excluding carboxylic acids is 1. The molecule has 0 saturated heterocycles. The van der Waals surface area contributed by atoms with Crippen LogP contribution in [0.1, 0.15) is 42.0 Å². The molecule has 192 valence electrons. The first kappa shape index (κ1) is 26.2. The summed E-state index contributed by atoms with van der Waals surface area (Å²) in [6, 6.07) is 25.5. The third kappa shape index (κ3) is 6.66. The van der Waals surface area contributed by atoms with Crippen LogP contribution in [-0.4, -0.2) is 41.8 Å². The van der Waals surface area contributed by atoms with Crippen molar-refractivity contribution < 1.29 is 19.4 Å². The molecular weight excluding hydrogens is 464 g/mol. The Bertz CT molecular complexity index is 1240. The maximum Gasteiger partial charge on any atom is 0.252 e. The lowest BCUT2D eigenvalue weighted by Crippen LogP contribution is -2.50. The zero-order valence-corrected chi connectivity index (χ0v) is 21.4. The lowest BCUT2D eigenvalue weighted by atomic mass is 9.88. The van der Waals surface area contributed by atoms with Gasteiger partial charge in [0.15, 0.2) is 5.54 Å². The van der Waals surface area contributed by atoms with Gasteiger partial charge in [0.2, 0.25) is 5.90 Å². The number of amides is 1. The Labute approximate surface area is 218 Å². The summed E-state index contributed by atoms with van der Waals surface area (Å²) >= 11 is 0. The summed E-state index contributed by atoms with van der Waals surface area (Å²) in [7, 11) is 0. The molecule has 4 rings (SSSR count). The number of ether oxygens (including phenoxy) is 2. The second kappa shape index (κ2) is 12.4. The molecule has 0 fully saturated rings. The van der Waals surface area contributed by atoms with E-state index >= 15 is 0 Å². The summed E-state index contributed by atoms with van der Waals surface area (Å²) in [6.07, 6.45) is 4.52. The van der Waals surface area contributed by atoms with Gasteiger partial charge in [0.1, 0.15) is 11.9 Å². The molecule has 0 saturated carbocycles. The molecule has 3 aromatic carbocycles. The number of nitrogens with one attached hydrogen (secondary N) is 1. The molecule has 6 nitrogen and oxygen atoms in total. The van der Waals surface area contributed by atoms with E-state index in [9.17, 15) is 4.79 Å². The standard InChI is InChI=1S/C31H34N2O4/c1-23-9-6-12-26(21-23)22-32-30(35)31(18-7-13-25-10-4-3-5-11-25)24(2)37-29(33-31)27-14-16-28(17-15-27)36-20-8-19-34/h3-7,9-17,21,24,34H,8,18-20,22H2,1-2H3,(H,32,35)/b13-7+/t24-,31-/m1/s1. The van der Waals surface area contributed by atoms with Crippen molar-refractivity contribution in [3.63, 3.8) is 0 Å². The number of hydrogen-bond acceptors (Lipinski definition) is 5. The van der Waals surface area contributed by atoms with Gasteiger partial charge in [-0.25, -0.2) is 4.99 Å². The van der Waals surface area contributed by atoms with Crippen LogP contribution in [0.4, 0.5) is 0 Å². The van der Waals surface area contributed by atoms with Crippen LogP contribution in [-0.2, 0) is 16.1 Å². The predicted molar refractivity (Wildman–Crippen MR) is 147 cm³/mol. The van der Waals surface area contributed by atoms with E-state index in [0.717, 1.165) is 22.3 Å². The molecule has 0 aromatic heterocycles. The van der Waals surface area contributed by atoms with Gasteiger partial charge in [0.05, 0.1) is 6.61 Å². The van der Waals surface area contributed by atoms with Crippen molar-refractivity contribution in [2.45, 2.75) is 44.9 Å². The topological polar surface area (TPSA) is 80.2 Å². The Hall–Kier alpha value is -3.90. The van der Waals surface area contributed by atoms with Crippen LogP contribution in [0.3, 0.4) is 0 Å². The highest BCUT2D eigenvalue weighted by atomic mass is 16.5. The molecule has 0 aliphatic carbocycles. The monoisotopic (exact) mass is 498 g/mol. The highest BCUT2D eigenvalue weighted by molar-refractivity contribution is 6.00. The van der Waals surface area contributed by atoms with Crippen molar-refractivity contribution in [3.8, 4) is 5.75 Å². The first-order chi connectivity index (χ1) is 18.0. The second-order valence-electron chi connectivity index (χ2n) is 9.24. The van der Waals surface area contributed by atoms with Crippen LogP contribution in [0.2, 0.25) is 0 Å². The summed E-state index contributed by atoms with van der Waals surface area (Å²) in [5.41, 5.74) is 2.93. The van der Waals surface area contributed by atoms with Crippen LogP contribution >= 0.6 is 0 Å². The number of aliphatic imine (C=N–C) groups is 1. The average Bonchev–Trinajstić information content (AvgIpc) is 3.25. The van der Waals surface area contributed by atoms with E-state index in [2.05, 4.69) is 11.4 Å². The molecular formula is C31H34N2O4. The Morgan fingerprint density at radius 3 is 2.62 bits per heavy atom. The number of benzene rings is 3. The summed E-state index contributed by atoms with van der Waals surface area (Å²) in [5, 5.41) is 12.0. The number of aliphatic hydroxyl groups excluding tert-OH is 1. The van der Waals surface area contributed by atoms with Crippen LogP contribution in [0.15, 0.2) is 89.9 Å². The zero-order valence-electron chi connectivity index (χ0n) is 21.4. The minimum atomic E-state index is -1.10. The first-order valence-electron chi connectivity index (χ1n) is 12.7. The number of hydrogen-bond donors (Lipinski definition) is 2. The zero-order chi connectivity index (χ0) is 26.1. The Kier molecular flexibility index (Phi) is 8.75. The Balaban J connectivity index is 1.57. The Morgan fingerprint density at radius 2 is 1.89 bits per heavy atom. The fraction of sp³-hybridized carbons (Fsp3) is 0.290. The van der Waals surface area contributed by atoms with E-state index in [4.69, 9.17) is 19.6 Å². The molecule has 1 amide bonds. The Morgan fingerprint density at radius 1 is 1.11 bits per heavy atom. The highest BCUT2D eigenvalue weighted by Gasteiger charge is 2.49. The van der Waals surface area contributed by atoms with Crippen molar-refractivity contribution >= 4 is 17.9 Å². The number of rotatable bonds is 11. The van der Waals surface area contributed by atoms with Gasteiger partial charge >= 0.3 is 0 Å². The van der Waals surface area contributed by atoms with Gasteiger partial charge in [-0.1, -0.05) is 72.3 Å². The molecule has 3 aromatic rings. The van der Waals surface area contributed by atoms with Gasteiger partial charge in [-0.2, -0.15) is 0 Å². The third-order valence-corrected chi connectivity index (χ3v) is 6.40. The van der Waals surface area contributed by atoms with Gasteiger partial charge in [-0.05, 0) is 49.2 Å². The van der Waals surface area contributed by atoms with E-state index in [1.54, 1.807) is 0 Å². The second-order valence-corrected chi connectivity index (χ2v) is 9.24. The first-order valence-corrected chi connectivity index (χ1v) is 12.7. The number of nitrogens with zero attached hydrogens (tertiary/aromatic N) is 1. The molecule has 0 radical (unpaired) electrons. The lowest BCUT2D eigenvalue weighted by Gasteiger charge is -2.27. The largest absolute Gasteiger partial charge is 0.494 e. The van der Waals surface area contributed by atoms with Crippen molar-refractivity contribution in [2.75, 3.05) is 13.2 Å². The molecule has 37 heavy (non-hydrogen) atoms. The molecule has 2 N–H and O–H groups in total. The lowest BCUT2D eigenvalue weighted by molar-refractivity contribution is -0.128. The SMILES string of the molecule is Cc1cccc(CNC(=O)[C@]2(C/C=C/c3ccccc3)N=C(c3ccc(OCCCO)cc3)O[C@@H]2C)c1. The predicted octanol–water partition coefficient (Wildman–Crippen LogP) is 5.08. The van der Waals surface area contributed by atoms with Crippen molar-refractivity contribution in [3.05, 3.63) is 107 Å². The fourth-order valence-corrected chi connectivity index (χ4v) is 4.28. The van der Waals surface area contributed by atoms with E-state index in [0.29, 0.717) is 37.6 Å². The molecule has 0 spiro atoms. The minimum absolute atomic E-state index is 0.0906. The van der Waals surface area contributed by atoms with Crippen molar-refractivity contribution in [1.29, 1.82) is 0 Å². The van der Waals surface area contributed by atoms with Gasteiger partial charge in [0, 0.05) is 31.6 Å².